The molecule has 0 saturated carbocycles. The van der Waals surface area contributed by atoms with Crippen molar-refractivity contribution in [3.05, 3.63) is 56.9 Å². The van der Waals surface area contributed by atoms with Crippen LogP contribution in [0.1, 0.15) is 10.4 Å². The number of benzene rings is 1. The van der Waals surface area contributed by atoms with Gasteiger partial charge in [-0.2, -0.15) is 13.2 Å². The van der Waals surface area contributed by atoms with Gasteiger partial charge >= 0.3 is 5.51 Å². The summed E-state index contributed by atoms with van der Waals surface area (Å²) >= 11 is 3.10. The number of hydrogen-bond acceptors (Lipinski definition) is 4. The van der Waals surface area contributed by atoms with Gasteiger partial charge in [0.25, 0.3) is 21.3 Å². The Hall–Kier alpha value is -2.14. The maximum Gasteiger partial charge on any atom is 0.501 e. The normalized spacial score (nSPS) is 12.0. The Morgan fingerprint density at radius 1 is 1.17 bits per heavy atom. The summed E-state index contributed by atoms with van der Waals surface area (Å²) in [7, 11) is -5.48. The lowest BCUT2D eigenvalue weighted by Gasteiger charge is -2.09. The van der Waals surface area contributed by atoms with Crippen molar-refractivity contribution < 1.29 is 26.4 Å². The molecule has 11 heteroatoms. The largest absolute Gasteiger partial charge is 0.501 e. The van der Waals surface area contributed by atoms with Gasteiger partial charge in [0, 0.05) is 16.2 Å². The van der Waals surface area contributed by atoms with Gasteiger partial charge in [-0.1, -0.05) is 0 Å². The van der Waals surface area contributed by atoms with Crippen LogP contribution in [0.2, 0.25) is 0 Å². The lowest BCUT2D eigenvalue weighted by molar-refractivity contribution is -0.0436. The smallest absolute Gasteiger partial charge is 0.326 e. The van der Waals surface area contributed by atoms with Crippen LogP contribution in [0.5, 0.6) is 0 Å². The highest BCUT2D eigenvalue weighted by molar-refractivity contribution is 9.10. The lowest BCUT2D eigenvalue weighted by Crippen LogP contribution is -2.23. The molecule has 0 fully saturated rings. The number of rotatable bonds is 3. The first-order valence-corrected chi connectivity index (χ1v) is 8.41. The topological polar surface area (TPSA) is 96.1 Å². The number of anilines is 1. The third-order valence-corrected chi connectivity index (χ3v) is 4.81. The number of sulfone groups is 1. The summed E-state index contributed by atoms with van der Waals surface area (Å²) in [6, 6.07) is 4.51. The Kier molecular flexibility index (Phi) is 4.85. The van der Waals surface area contributed by atoms with Crippen molar-refractivity contribution in [2.75, 3.05) is 5.32 Å². The summed E-state index contributed by atoms with van der Waals surface area (Å²) in [5.74, 6) is -0.783. The van der Waals surface area contributed by atoms with Crippen LogP contribution in [0.4, 0.5) is 18.9 Å². The van der Waals surface area contributed by atoms with E-state index in [0.717, 1.165) is 12.1 Å². The van der Waals surface area contributed by atoms with Gasteiger partial charge in [-0.15, -0.1) is 0 Å². The highest BCUT2D eigenvalue weighted by atomic mass is 79.9. The average molecular weight is 425 g/mol. The van der Waals surface area contributed by atoms with Gasteiger partial charge in [-0.3, -0.25) is 9.59 Å². The average Bonchev–Trinajstić information content (AvgIpc) is 2.50. The molecule has 0 aliphatic carbocycles. The molecule has 2 rings (SSSR count). The zero-order chi connectivity index (χ0) is 18.1. The van der Waals surface area contributed by atoms with Crippen LogP contribution in [-0.4, -0.2) is 24.8 Å². The fraction of sp³-hybridized carbons (Fsp3) is 0.0769. The Morgan fingerprint density at radius 2 is 1.75 bits per heavy atom. The Bertz CT molecular complexity index is 937. The molecule has 24 heavy (non-hydrogen) atoms. The number of nitrogens with one attached hydrogen (secondary N) is 2. The van der Waals surface area contributed by atoms with Gasteiger partial charge in [0.2, 0.25) is 0 Å². The molecule has 128 valence electrons. The van der Waals surface area contributed by atoms with E-state index in [4.69, 9.17) is 0 Å². The van der Waals surface area contributed by atoms with E-state index >= 15 is 0 Å². The molecular weight excluding hydrogens is 417 g/mol. The monoisotopic (exact) mass is 424 g/mol. The van der Waals surface area contributed by atoms with E-state index in [1.54, 1.807) is 0 Å². The standard InChI is InChI=1S/C13H8BrF3N2O4S/c14-8-5-10(12(21)18-6-8)19-11(20)7-1-3-9(4-2-7)24(22,23)13(15,16)17/h1-6H,(H,18,21)(H,19,20). The third-order valence-electron chi connectivity index (χ3n) is 2.85. The molecule has 2 aromatic rings. The molecule has 0 unspecified atom stereocenters. The Morgan fingerprint density at radius 3 is 2.29 bits per heavy atom. The summed E-state index contributed by atoms with van der Waals surface area (Å²) in [6.45, 7) is 0. The number of aromatic nitrogens is 1. The first kappa shape index (κ1) is 18.2. The second-order valence-electron chi connectivity index (χ2n) is 4.49. The second-order valence-corrected chi connectivity index (χ2v) is 7.35. The fourth-order valence-electron chi connectivity index (χ4n) is 1.66. The molecule has 1 aromatic heterocycles. The second kappa shape index (κ2) is 6.40. The molecule has 2 N–H and O–H groups in total. The van der Waals surface area contributed by atoms with Gasteiger partial charge in [0.1, 0.15) is 5.69 Å². The number of carbonyl (C=O) groups excluding carboxylic acids is 1. The number of hydrogen-bond donors (Lipinski definition) is 2. The van der Waals surface area contributed by atoms with Crippen molar-refractivity contribution in [1.82, 2.24) is 4.98 Å². The minimum Gasteiger partial charge on any atom is -0.326 e. The summed E-state index contributed by atoms with van der Waals surface area (Å²) < 4.78 is 60.3. The van der Waals surface area contributed by atoms with Crippen LogP contribution < -0.4 is 10.9 Å². The molecular formula is C13H8BrF3N2O4S. The molecule has 0 atom stereocenters. The molecule has 1 aromatic carbocycles. The molecule has 0 bridgehead atoms. The molecule has 0 spiro atoms. The summed E-state index contributed by atoms with van der Waals surface area (Å²) in [4.78, 5) is 24.9. The van der Waals surface area contributed by atoms with E-state index < -0.39 is 31.7 Å². The number of amides is 1. The minimum absolute atomic E-state index is 0.0821. The van der Waals surface area contributed by atoms with Crippen LogP contribution >= 0.6 is 15.9 Å². The minimum atomic E-state index is -5.48. The van der Waals surface area contributed by atoms with Crippen molar-refractivity contribution in [2.45, 2.75) is 10.4 Å². The predicted molar refractivity (Wildman–Crippen MR) is 82.4 cm³/mol. The van der Waals surface area contributed by atoms with Crippen molar-refractivity contribution in [2.24, 2.45) is 0 Å². The van der Waals surface area contributed by atoms with Crippen molar-refractivity contribution in [3.63, 3.8) is 0 Å². The van der Waals surface area contributed by atoms with E-state index in [0.29, 0.717) is 16.6 Å². The van der Waals surface area contributed by atoms with Crippen LogP contribution in [0, 0.1) is 0 Å². The zero-order valence-electron chi connectivity index (χ0n) is 11.5. The first-order chi connectivity index (χ1) is 11.0. The zero-order valence-corrected chi connectivity index (χ0v) is 13.9. The molecule has 0 aliphatic heterocycles. The van der Waals surface area contributed by atoms with Gasteiger partial charge in [-0.25, -0.2) is 8.42 Å². The number of halogens is 4. The van der Waals surface area contributed by atoms with E-state index in [-0.39, 0.29) is 11.3 Å². The maximum absolute atomic E-state index is 12.4. The molecule has 0 radical (unpaired) electrons. The van der Waals surface area contributed by atoms with E-state index in [1.165, 1.54) is 12.3 Å². The van der Waals surface area contributed by atoms with E-state index in [9.17, 15) is 31.2 Å². The number of aromatic amines is 1. The van der Waals surface area contributed by atoms with E-state index in [1.807, 2.05) is 0 Å². The SMILES string of the molecule is O=C(Nc1cc(Br)c[nH]c1=O)c1ccc(S(=O)(=O)C(F)(F)F)cc1. The van der Waals surface area contributed by atoms with Crippen molar-refractivity contribution in [1.29, 1.82) is 0 Å². The quantitative estimate of drug-likeness (QED) is 0.791. The molecule has 0 saturated heterocycles. The van der Waals surface area contributed by atoms with Crippen LogP contribution in [0.25, 0.3) is 0 Å². The number of alkyl halides is 3. The van der Waals surface area contributed by atoms with Gasteiger partial charge in [0.05, 0.1) is 4.90 Å². The molecule has 0 aliphatic rings. The molecule has 1 heterocycles. The highest BCUT2D eigenvalue weighted by Gasteiger charge is 2.46. The highest BCUT2D eigenvalue weighted by Crippen LogP contribution is 2.30. The Labute approximate surface area is 141 Å². The first-order valence-electron chi connectivity index (χ1n) is 6.13. The van der Waals surface area contributed by atoms with Crippen LogP contribution in [0.3, 0.4) is 0 Å². The van der Waals surface area contributed by atoms with Crippen LogP contribution in [-0.2, 0) is 9.84 Å². The summed E-state index contributed by atoms with van der Waals surface area (Å²) in [5.41, 5.74) is -6.21. The fourth-order valence-corrected chi connectivity index (χ4v) is 2.77. The summed E-state index contributed by atoms with van der Waals surface area (Å²) in [5, 5.41) is 2.27. The predicted octanol–water partition coefficient (Wildman–Crippen LogP) is 2.68. The van der Waals surface area contributed by atoms with E-state index in [2.05, 4.69) is 26.2 Å². The van der Waals surface area contributed by atoms with Gasteiger partial charge in [0.15, 0.2) is 0 Å². The Balaban J connectivity index is 2.27. The summed E-state index contributed by atoms with van der Waals surface area (Å²) in [6.07, 6.45) is 1.36. The van der Waals surface area contributed by atoms with Crippen LogP contribution in [0.15, 0.2) is 50.7 Å². The third kappa shape index (κ3) is 3.67. The number of carbonyl (C=O) groups is 1. The van der Waals surface area contributed by atoms with Gasteiger partial charge < -0.3 is 10.3 Å². The maximum atomic E-state index is 12.4. The van der Waals surface area contributed by atoms with Crippen molar-refractivity contribution in [3.8, 4) is 0 Å². The molecule has 6 nitrogen and oxygen atoms in total. The number of H-pyrrole nitrogens is 1. The lowest BCUT2D eigenvalue weighted by atomic mass is 10.2. The van der Waals surface area contributed by atoms with Gasteiger partial charge in [-0.05, 0) is 46.3 Å². The molecule has 1 amide bonds. The number of pyridine rings is 1. The van der Waals surface area contributed by atoms with Crippen molar-refractivity contribution >= 4 is 37.4 Å².